The SMILES string of the molecule is C[C@H]1CNCCN1C(=O)c1csc(-c2ccc(Br)s2)n1. The van der Waals surface area contributed by atoms with Gasteiger partial charge >= 0.3 is 0 Å². The minimum atomic E-state index is 0.0390. The van der Waals surface area contributed by atoms with Crippen molar-refractivity contribution < 1.29 is 4.79 Å². The van der Waals surface area contributed by atoms with Crippen molar-refractivity contribution in [2.45, 2.75) is 13.0 Å². The summed E-state index contributed by atoms with van der Waals surface area (Å²) >= 11 is 6.61. The molecule has 1 aliphatic rings. The van der Waals surface area contributed by atoms with Crippen molar-refractivity contribution in [3.05, 3.63) is 27.0 Å². The third-order valence-corrected chi connectivity index (χ3v) is 5.90. The number of piperazine rings is 1. The number of carbonyl (C=O) groups is 1. The highest BCUT2D eigenvalue weighted by atomic mass is 79.9. The molecule has 1 fully saturated rings. The molecule has 0 spiro atoms. The maximum Gasteiger partial charge on any atom is 0.273 e. The van der Waals surface area contributed by atoms with Gasteiger partial charge in [0.05, 0.1) is 8.66 Å². The average molecular weight is 372 g/mol. The van der Waals surface area contributed by atoms with E-state index in [-0.39, 0.29) is 11.9 Å². The van der Waals surface area contributed by atoms with Crippen molar-refractivity contribution in [2.75, 3.05) is 19.6 Å². The zero-order valence-corrected chi connectivity index (χ0v) is 14.1. The quantitative estimate of drug-likeness (QED) is 0.881. The van der Waals surface area contributed by atoms with Crippen LogP contribution in [0.3, 0.4) is 0 Å². The summed E-state index contributed by atoms with van der Waals surface area (Å²) in [5, 5.41) is 6.06. The second-order valence-corrected chi connectivity index (χ2v) is 8.01. The fraction of sp³-hybridized carbons (Fsp3) is 0.385. The van der Waals surface area contributed by atoms with Crippen LogP contribution in [0, 0.1) is 0 Å². The smallest absolute Gasteiger partial charge is 0.273 e. The molecule has 20 heavy (non-hydrogen) atoms. The molecule has 1 aliphatic heterocycles. The molecule has 1 amide bonds. The van der Waals surface area contributed by atoms with Crippen LogP contribution >= 0.6 is 38.6 Å². The highest BCUT2D eigenvalue weighted by Gasteiger charge is 2.25. The predicted octanol–water partition coefficient (Wildman–Crippen LogP) is 3.07. The van der Waals surface area contributed by atoms with Crippen LogP contribution in [-0.2, 0) is 0 Å². The molecule has 0 aliphatic carbocycles. The van der Waals surface area contributed by atoms with E-state index in [1.165, 1.54) is 11.3 Å². The Morgan fingerprint density at radius 3 is 3.10 bits per heavy atom. The summed E-state index contributed by atoms with van der Waals surface area (Å²) in [5.41, 5.74) is 0.559. The third-order valence-electron chi connectivity index (χ3n) is 3.27. The number of hydrogen-bond acceptors (Lipinski definition) is 5. The van der Waals surface area contributed by atoms with Gasteiger partial charge in [0, 0.05) is 31.1 Å². The molecule has 0 bridgehead atoms. The Bertz CT molecular complexity index is 625. The Kier molecular flexibility index (Phi) is 4.21. The van der Waals surface area contributed by atoms with E-state index >= 15 is 0 Å². The van der Waals surface area contributed by atoms with Crippen molar-refractivity contribution in [3.8, 4) is 9.88 Å². The van der Waals surface area contributed by atoms with E-state index < -0.39 is 0 Å². The van der Waals surface area contributed by atoms with Gasteiger partial charge in [-0.2, -0.15) is 0 Å². The van der Waals surface area contributed by atoms with E-state index in [9.17, 15) is 4.79 Å². The summed E-state index contributed by atoms with van der Waals surface area (Å²) in [7, 11) is 0. The molecule has 2 aromatic heterocycles. The van der Waals surface area contributed by atoms with Crippen molar-refractivity contribution in [1.29, 1.82) is 0 Å². The van der Waals surface area contributed by atoms with Crippen LogP contribution in [-0.4, -0.2) is 41.5 Å². The van der Waals surface area contributed by atoms with Crippen molar-refractivity contribution in [3.63, 3.8) is 0 Å². The molecule has 3 heterocycles. The maximum atomic E-state index is 12.5. The van der Waals surface area contributed by atoms with Crippen LogP contribution < -0.4 is 5.32 Å². The van der Waals surface area contributed by atoms with Gasteiger partial charge in [0.2, 0.25) is 0 Å². The summed E-state index contributed by atoms with van der Waals surface area (Å²) in [6, 6.07) is 4.24. The Hall–Kier alpha value is -0.760. The minimum Gasteiger partial charge on any atom is -0.332 e. The highest BCUT2D eigenvalue weighted by molar-refractivity contribution is 9.11. The van der Waals surface area contributed by atoms with E-state index in [0.29, 0.717) is 5.69 Å². The zero-order chi connectivity index (χ0) is 14.1. The summed E-state index contributed by atoms with van der Waals surface area (Å²) in [6.45, 7) is 4.51. The molecule has 1 atom stereocenters. The maximum absolute atomic E-state index is 12.5. The molecule has 0 aromatic carbocycles. The first-order valence-corrected chi connectivity index (χ1v) is 8.87. The molecule has 0 unspecified atom stereocenters. The number of aromatic nitrogens is 1. The molecule has 1 saturated heterocycles. The van der Waals surface area contributed by atoms with Crippen LogP contribution in [0.4, 0.5) is 0 Å². The average Bonchev–Trinajstić information content (AvgIpc) is 3.07. The number of amides is 1. The summed E-state index contributed by atoms with van der Waals surface area (Å²) in [6.07, 6.45) is 0. The van der Waals surface area contributed by atoms with Crippen LogP contribution in [0.1, 0.15) is 17.4 Å². The van der Waals surface area contributed by atoms with Gasteiger partial charge in [0.15, 0.2) is 0 Å². The van der Waals surface area contributed by atoms with E-state index in [1.807, 2.05) is 22.4 Å². The molecule has 0 radical (unpaired) electrons. The molecular formula is C13H14BrN3OS2. The Morgan fingerprint density at radius 1 is 1.55 bits per heavy atom. The number of rotatable bonds is 2. The minimum absolute atomic E-state index is 0.0390. The van der Waals surface area contributed by atoms with Gasteiger partial charge in [-0.05, 0) is 35.0 Å². The largest absolute Gasteiger partial charge is 0.332 e. The number of nitrogens with zero attached hydrogens (tertiary/aromatic N) is 2. The summed E-state index contributed by atoms with van der Waals surface area (Å²) in [5.74, 6) is 0.0390. The lowest BCUT2D eigenvalue weighted by atomic mass is 10.2. The van der Waals surface area contributed by atoms with Crippen molar-refractivity contribution >= 4 is 44.5 Å². The lowest BCUT2D eigenvalue weighted by molar-refractivity contribution is 0.0650. The lowest BCUT2D eigenvalue weighted by Crippen LogP contribution is -2.52. The van der Waals surface area contributed by atoms with Gasteiger partial charge < -0.3 is 10.2 Å². The molecule has 0 saturated carbocycles. The second kappa shape index (κ2) is 5.93. The number of halogens is 1. The van der Waals surface area contributed by atoms with E-state index in [1.54, 1.807) is 11.3 Å². The molecule has 2 aromatic rings. The summed E-state index contributed by atoms with van der Waals surface area (Å²) in [4.78, 5) is 20.0. The summed E-state index contributed by atoms with van der Waals surface area (Å²) < 4.78 is 1.08. The molecular weight excluding hydrogens is 358 g/mol. The van der Waals surface area contributed by atoms with Gasteiger partial charge in [-0.25, -0.2) is 4.98 Å². The highest BCUT2D eigenvalue weighted by Crippen LogP contribution is 2.33. The first kappa shape index (κ1) is 14.2. The normalized spacial score (nSPS) is 19.3. The monoisotopic (exact) mass is 371 g/mol. The van der Waals surface area contributed by atoms with Gasteiger partial charge in [-0.1, -0.05) is 0 Å². The standard InChI is InChI=1S/C13H14BrN3OS2/c1-8-6-15-4-5-17(8)13(18)9-7-19-12(16-9)10-2-3-11(14)20-10/h2-3,7-8,15H,4-6H2,1H3/t8-/m0/s1. The number of carbonyl (C=O) groups excluding carboxylic acids is 1. The lowest BCUT2D eigenvalue weighted by Gasteiger charge is -2.33. The van der Waals surface area contributed by atoms with E-state index in [0.717, 1.165) is 33.3 Å². The molecule has 3 rings (SSSR count). The first-order chi connectivity index (χ1) is 9.65. The van der Waals surface area contributed by atoms with Gasteiger partial charge in [0.1, 0.15) is 10.7 Å². The number of nitrogens with one attached hydrogen (secondary N) is 1. The van der Waals surface area contributed by atoms with Crippen LogP contribution in [0.25, 0.3) is 9.88 Å². The number of thiazole rings is 1. The zero-order valence-electron chi connectivity index (χ0n) is 10.9. The van der Waals surface area contributed by atoms with Crippen LogP contribution in [0.2, 0.25) is 0 Å². The van der Waals surface area contributed by atoms with E-state index in [4.69, 9.17) is 0 Å². The molecule has 4 nitrogen and oxygen atoms in total. The predicted molar refractivity (Wildman–Crippen MR) is 86.5 cm³/mol. The third kappa shape index (κ3) is 2.81. The Morgan fingerprint density at radius 2 is 2.40 bits per heavy atom. The first-order valence-electron chi connectivity index (χ1n) is 6.38. The fourth-order valence-corrected chi connectivity index (χ4v) is 4.46. The van der Waals surface area contributed by atoms with Crippen LogP contribution in [0.5, 0.6) is 0 Å². The van der Waals surface area contributed by atoms with Crippen molar-refractivity contribution in [1.82, 2.24) is 15.2 Å². The fourth-order valence-electron chi connectivity index (χ4n) is 2.20. The Balaban J connectivity index is 1.81. The Labute approximate surface area is 134 Å². The molecule has 106 valence electrons. The van der Waals surface area contributed by atoms with Crippen molar-refractivity contribution in [2.24, 2.45) is 0 Å². The molecule has 1 N–H and O–H groups in total. The number of thiophene rings is 1. The molecule has 7 heteroatoms. The van der Waals surface area contributed by atoms with Crippen LogP contribution in [0.15, 0.2) is 21.3 Å². The topological polar surface area (TPSA) is 45.2 Å². The number of hydrogen-bond donors (Lipinski definition) is 1. The van der Waals surface area contributed by atoms with Gasteiger partial charge in [-0.15, -0.1) is 22.7 Å². The van der Waals surface area contributed by atoms with E-state index in [2.05, 4.69) is 33.2 Å². The second-order valence-electron chi connectivity index (χ2n) is 4.69. The van der Waals surface area contributed by atoms with Gasteiger partial charge in [0.25, 0.3) is 5.91 Å². The van der Waals surface area contributed by atoms with Gasteiger partial charge in [-0.3, -0.25) is 4.79 Å².